The molecule has 0 radical (unpaired) electrons. The lowest BCUT2D eigenvalue weighted by molar-refractivity contribution is -0.274. The number of hydrogen-bond acceptors (Lipinski definition) is 7. The lowest BCUT2D eigenvalue weighted by Crippen LogP contribution is -2.50. The molecule has 2 aromatic carbocycles. The fraction of sp³-hybridized carbons (Fsp3) is 0.320. The van der Waals surface area contributed by atoms with Crippen molar-refractivity contribution in [3.63, 3.8) is 0 Å². The number of aryl methyl sites for hydroxylation is 1. The van der Waals surface area contributed by atoms with Crippen molar-refractivity contribution in [2.24, 2.45) is 10.7 Å². The molecule has 0 saturated carbocycles. The molecular weight excluding hydrogens is 539 g/mol. The second-order valence-corrected chi connectivity index (χ2v) is 11.0. The summed E-state index contributed by atoms with van der Waals surface area (Å²) in [7, 11) is -3.81. The number of sulfonamides is 1. The van der Waals surface area contributed by atoms with E-state index in [-0.39, 0.29) is 43.9 Å². The number of benzene rings is 2. The minimum absolute atomic E-state index is 0.0259. The molecule has 0 unspecified atom stereocenters. The maximum Gasteiger partial charge on any atom is 0.573 e. The van der Waals surface area contributed by atoms with E-state index in [0.717, 1.165) is 23.1 Å². The first-order valence-corrected chi connectivity index (χ1v) is 13.4. The summed E-state index contributed by atoms with van der Waals surface area (Å²) in [6.07, 6.45) is -3.18. The first-order valence-electron chi connectivity index (χ1n) is 11.8. The van der Waals surface area contributed by atoms with Crippen molar-refractivity contribution in [1.29, 1.82) is 0 Å². The number of hydrogen-bond donors (Lipinski definition) is 3. The fourth-order valence-corrected chi connectivity index (χ4v) is 5.53. The molecule has 0 aromatic heterocycles. The third-order valence-corrected chi connectivity index (χ3v) is 7.95. The first kappa shape index (κ1) is 28.1. The van der Waals surface area contributed by atoms with Gasteiger partial charge in [-0.25, -0.2) is 8.42 Å². The minimum Gasteiger partial charge on any atom is -0.406 e. The van der Waals surface area contributed by atoms with E-state index >= 15 is 0 Å². The molecule has 0 atom stereocenters. The number of nitrogens with two attached hydrogens (primary N) is 1. The first-order chi connectivity index (χ1) is 18.3. The van der Waals surface area contributed by atoms with E-state index in [9.17, 15) is 31.2 Å². The molecule has 208 valence electrons. The molecule has 4 rings (SSSR count). The third-order valence-electron chi connectivity index (χ3n) is 6.39. The van der Waals surface area contributed by atoms with Crippen molar-refractivity contribution in [2.45, 2.75) is 31.7 Å². The standard InChI is InChI=1S/C25H26F3N5O5S/c1-16-13-19(30-15-21(29)34)6-5-17(16)7-12-39(36,37)33-10-8-24(9-11-33)23(35)31-22(32-24)18-3-2-4-20(14-18)38-25(26,27)28/h2-7,12-14,30H,8-11,15H2,1H3,(H2,29,34)(H,31,32,35)/b12-7+. The van der Waals surface area contributed by atoms with Gasteiger partial charge in [0.25, 0.3) is 5.91 Å². The Bertz CT molecular complexity index is 1450. The summed E-state index contributed by atoms with van der Waals surface area (Å²) in [5, 5.41) is 6.57. The summed E-state index contributed by atoms with van der Waals surface area (Å²) in [5.41, 5.74) is 6.27. The summed E-state index contributed by atoms with van der Waals surface area (Å²) in [4.78, 5) is 28.2. The van der Waals surface area contributed by atoms with Crippen LogP contribution in [0.5, 0.6) is 5.75 Å². The zero-order valence-corrected chi connectivity index (χ0v) is 21.6. The number of nitrogens with one attached hydrogen (secondary N) is 2. The zero-order valence-electron chi connectivity index (χ0n) is 20.8. The predicted molar refractivity (Wildman–Crippen MR) is 138 cm³/mol. The Balaban J connectivity index is 1.43. The van der Waals surface area contributed by atoms with Crippen LogP contribution in [0.15, 0.2) is 52.9 Å². The van der Waals surface area contributed by atoms with E-state index in [1.165, 1.54) is 22.5 Å². The van der Waals surface area contributed by atoms with E-state index < -0.39 is 39.5 Å². The second kappa shape index (κ2) is 10.7. The Morgan fingerprint density at radius 3 is 2.59 bits per heavy atom. The molecule has 0 bridgehead atoms. The van der Waals surface area contributed by atoms with Crippen molar-refractivity contribution in [3.05, 3.63) is 64.6 Å². The maximum absolute atomic E-state index is 13.0. The number of halogens is 3. The molecule has 0 aliphatic carbocycles. The van der Waals surface area contributed by atoms with Crippen LogP contribution in [0, 0.1) is 6.92 Å². The number of aliphatic imine (C=N–C) groups is 1. The molecular formula is C25H26F3N5O5S. The van der Waals surface area contributed by atoms with Gasteiger partial charge < -0.3 is 21.1 Å². The van der Waals surface area contributed by atoms with Gasteiger partial charge in [0.05, 0.1) is 6.54 Å². The van der Waals surface area contributed by atoms with Gasteiger partial charge in [-0.05, 0) is 61.2 Å². The van der Waals surface area contributed by atoms with E-state index in [2.05, 4.69) is 20.4 Å². The average Bonchev–Trinajstić information content (AvgIpc) is 3.17. The average molecular weight is 566 g/mol. The number of carbonyl (C=O) groups excluding carboxylic acids is 2. The highest BCUT2D eigenvalue weighted by Crippen LogP contribution is 2.33. The summed E-state index contributed by atoms with van der Waals surface area (Å²) in [6.45, 7) is 1.83. The maximum atomic E-state index is 13.0. The van der Waals surface area contributed by atoms with Gasteiger partial charge in [0.2, 0.25) is 15.9 Å². The highest BCUT2D eigenvalue weighted by atomic mass is 32.2. The number of rotatable bonds is 8. The number of piperidine rings is 1. The molecule has 2 aliphatic rings. The minimum atomic E-state index is -4.86. The van der Waals surface area contributed by atoms with E-state index in [1.807, 2.05) is 0 Å². The number of carbonyl (C=O) groups is 2. The van der Waals surface area contributed by atoms with Gasteiger partial charge in [0.1, 0.15) is 17.1 Å². The lowest BCUT2D eigenvalue weighted by atomic mass is 9.89. The van der Waals surface area contributed by atoms with Crippen LogP contribution in [0.25, 0.3) is 6.08 Å². The highest BCUT2D eigenvalue weighted by Gasteiger charge is 2.47. The van der Waals surface area contributed by atoms with Gasteiger partial charge in [0.15, 0.2) is 0 Å². The predicted octanol–water partition coefficient (Wildman–Crippen LogP) is 2.50. The molecule has 39 heavy (non-hydrogen) atoms. The highest BCUT2D eigenvalue weighted by molar-refractivity contribution is 7.92. The van der Waals surface area contributed by atoms with Crippen molar-refractivity contribution < 1.29 is 35.9 Å². The van der Waals surface area contributed by atoms with Crippen LogP contribution in [-0.4, -0.2) is 61.9 Å². The monoisotopic (exact) mass is 565 g/mol. The Labute approximate surface area is 222 Å². The number of ether oxygens (including phenoxy) is 1. The molecule has 4 N–H and O–H groups in total. The van der Waals surface area contributed by atoms with Gasteiger partial charge >= 0.3 is 6.36 Å². The van der Waals surface area contributed by atoms with Crippen LogP contribution in [0.2, 0.25) is 0 Å². The number of alkyl halides is 3. The van der Waals surface area contributed by atoms with Gasteiger partial charge in [-0.2, -0.15) is 4.31 Å². The van der Waals surface area contributed by atoms with E-state index in [4.69, 9.17) is 5.73 Å². The van der Waals surface area contributed by atoms with Crippen LogP contribution >= 0.6 is 0 Å². The van der Waals surface area contributed by atoms with Gasteiger partial charge in [-0.15, -0.1) is 13.2 Å². The SMILES string of the molecule is Cc1cc(NCC(N)=O)ccc1/C=C/S(=O)(=O)N1CCC2(CC1)N=C(c1cccc(OC(F)(F)F)c1)NC2=O. The smallest absolute Gasteiger partial charge is 0.406 e. The van der Waals surface area contributed by atoms with Crippen molar-refractivity contribution in [2.75, 3.05) is 25.0 Å². The lowest BCUT2D eigenvalue weighted by Gasteiger charge is -2.34. The normalized spacial score (nSPS) is 17.7. The number of anilines is 1. The molecule has 1 saturated heterocycles. The Morgan fingerprint density at radius 2 is 1.95 bits per heavy atom. The van der Waals surface area contributed by atoms with Crippen LogP contribution < -0.4 is 21.1 Å². The molecule has 1 fully saturated rings. The largest absolute Gasteiger partial charge is 0.573 e. The summed E-state index contributed by atoms with van der Waals surface area (Å²) in [5.74, 6) is -1.29. The second-order valence-electron chi connectivity index (χ2n) is 9.16. The van der Waals surface area contributed by atoms with Crippen molar-refractivity contribution in [1.82, 2.24) is 9.62 Å². The van der Waals surface area contributed by atoms with Crippen LogP contribution in [-0.2, 0) is 19.6 Å². The Morgan fingerprint density at radius 1 is 1.23 bits per heavy atom. The topological polar surface area (TPSA) is 143 Å². The van der Waals surface area contributed by atoms with Gasteiger partial charge in [-0.1, -0.05) is 18.2 Å². The molecule has 2 aromatic rings. The van der Waals surface area contributed by atoms with E-state index in [0.29, 0.717) is 11.3 Å². The Hall–Kier alpha value is -3.91. The summed E-state index contributed by atoms with van der Waals surface area (Å²) < 4.78 is 68.9. The number of amidine groups is 1. The Kier molecular flexibility index (Phi) is 7.70. The molecule has 2 aliphatic heterocycles. The van der Waals surface area contributed by atoms with Gasteiger partial charge in [0, 0.05) is 29.7 Å². The molecule has 2 amide bonds. The number of primary amides is 1. The molecule has 14 heteroatoms. The van der Waals surface area contributed by atoms with E-state index in [1.54, 1.807) is 25.1 Å². The van der Waals surface area contributed by atoms with Crippen molar-refractivity contribution in [3.8, 4) is 5.75 Å². The molecule has 10 nitrogen and oxygen atoms in total. The van der Waals surface area contributed by atoms with Gasteiger partial charge in [-0.3, -0.25) is 14.6 Å². The number of nitrogens with zero attached hydrogens (tertiary/aromatic N) is 2. The zero-order chi connectivity index (χ0) is 28.4. The summed E-state index contributed by atoms with van der Waals surface area (Å²) in [6, 6.07) is 10.3. The quantitative estimate of drug-likeness (QED) is 0.449. The van der Waals surface area contributed by atoms with Crippen LogP contribution in [0.4, 0.5) is 18.9 Å². The molecule has 2 heterocycles. The molecule has 1 spiro atoms. The summed E-state index contributed by atoms with van der Waals surface area (Å²) >= 11 is 0. The third kappa shape index (κ3) is 6.75. The fourth-order valence-electron chi connectivity index (χ4n) is 4.35. The van der Waals surface area contributed by atoms with Crippen molar-refractivity contribution >= 4 is 39.4 Å². The number of amides is 2. The van der Waals surface area contributed by atoms with Crippen LogP contribution in [0.1, 0.15) is 29.5 Å². The van der Waals surface area contributed by atoms with Crippen LogP contribution in [0.3, 0.4) is 0 Å².